The van der Waals surface area contributed by atoms with Crippen molar-refractivity contribution in [3.63, 3.8) is 0 Å². The van der Waals surface area contributed by atoms with Gasteiger partial charge in [-0.25, -0.2) is 8.42 Å². The van der Waals surface area contributed by atoms with E-state index in [4.69, 9.17) is 0 Å². The van der Waals surface area contributed by atoms with Crippen LogP contribution in [0.2, 0.25) is 0 Å². The minimum absolute atomic E-state index is 0.0432. The molecule has 7 nitrogen and oxygen atoms in total. The number of nitrogens with zero attached hydrogens (tertiary/aromatic N) is 4. The van der Waals surface area contributed by atoms with Gasteiger partial charge in [-0.2, -0.15) is 0 Å². The maximum Gasteiger partial charge on any atom is 0.263 e. The molecule has 2 heterocycles. The maximum atomic E-state index is 12.8. The van der Waals surface area contributed by atoms with Crippen molar-refractivity contribution in [1.82, 2.24) is 19.2 Å². The van der Waals surface area contributed by atoms with Crippen molar-refractivity contribution in [2.45, 2.75) is 16.6 Å². The summed E-state index contributed by atoms with van der Waals surface area (Å²) in [5.41, 5.74) is 0.515. The van der Waals surface area contributed by atoms with Gasteiger partial charge < -0.3 is 0 Å². The molecule has 0 fully saturated rings. The van der Waals surface area contributed by atoms with Crippen molar-refractivity contribution in [2.75, 3.05) is 11.5 Å². The second-order valence-electron chi connectivity index (χ2n) is 6.46. The van der Waals surface area contributed by atoms with E-state index in [1.165, 1.54) is 16.3 Å². The number of aromatic nitrogens is 4. The molecule has 0 amide bonds. The Balaban J connectivity index is 1.68. The van der Waals surface area contributed by atoms with Crippen LogP contribution in [0.25, 0.3) is 16.7 Å². The number of benzene rings is 2. The quantitative estimate of drug-likeness (QED) is 0.282. The number of halogens is 1. The third kappa shape index (κ3) is 3.82. The van der Waals surface area contributed by atoms with Crippen LogP contribution in [0.4, 0.5) is 0 Å². The van der Waals surface area contributed by atoms with E-state index in [0.717, 1.165) is 4.47 Å². The zero-order valence-corrected chi connectivity index (χ0v) is 19.0. The van der Waals surface area contributed by atoms with Crippen molar-refractivity contribution in [3.05, 3.63) is 76.0 Å². The Morgan fingerprint density at radius 1 is 1.10 bits per heavy atom. The molecule has 30 heavy (non-hydrogen) atoms. The van der Waals surface area contributed by atoms with E-state index in [0.29, 0.717) is 34.1 Å². The lowest BCUT2D eigenvalue weighted by molar-refractivity contribution is 0.597. The average molecular weight is 505 g/mol. The van der Waals surface area contributed by atoms with E-state index >= 15 is 0 Å². The first-order valence-corrected chi connectivity index (χ1v) is 12.4. The SMILES string of the molecule is C=CCn1c(=O)c2ccccc2n2c(SCCS(=O)(=O)c3ccc(Br)cc3)nnc12. The summed E-state index contributed by atoms with van der Waals surface area (Å²) in [5.74, 6) is 0.656. The molecule has 10 heteroatoms. The van der Waals surface area contributed by atoms with Crippen LogP contribution in [-0.2, 0) is 16.4 Å². The monoisotopic (exact) mass is 504 g/mol. The Morgan fingerprint density at radius 2 is 1.83 bits per heavy atom. The maximum absolute atomic E-state index is 12.8. The Morgan fingerprint density at radius 3 is 2.57 bits per heavy atom. The summed E-state index contributed by atoms with van der Waals surface area (Å²) in [5, 5.41) is 9.47. The molecule has 0 N–H and O–H groups in total. The summed E-state index contributed by atoms with van der Waals surface area (Å²) in [6, 6.07) is 13.8. The first-order valence-electron chi connectivity index (χ1n) is 9.01. The van der Waals surface area contributed by atoms with E-state index in [-0.39, 0.29) is 16.2 Å². The second kappa shape index (κ2) is 8.37. The van der Waals surface area contributed by atoms with Crippen LogP contribution in [0.3, 0.4) is 0 Å². The normalized spacial score (nSPS) is 11.9. The minimum Gasteiger partial charge on any atom is -0.272 e. The number of sulfone groups is 1. The van der Waals surface area contributed by atoms with Gasteiger partial charge in [-0.1, -0.05) is 45.9 Å². The molecule has 0 aliphatic rings. The third-order valence-corrected chi connectivity index (χ3v) is 8.00. The fraction of sp³-hybridized carbons (Fsp3) is 0.150. The molecule has 0 aliphatic carbocycles. The van der Waals surface area contributed by atoms with Gasteiger partial charge in [-0.15, -0.1) is 16.8 Å². The molecule has 4 rings (SSSR count). The zero-order valence-electron chi connectivity index (χ0n) is 15.7. The van der Waals surface area contributed by atoms with Crippen molar-refractivity contribution >= 4 is 54.2 Å². The lowest BCUT2D eigenvalue weighted by atomic mass is 10.2. The molecule has 2 aromatic carbocycles. The van der Waals surface area contributed by atoms with Gasteiger partial charge in [0.25, 0.3) is 5.56 Å². The highest BCUT2D eigenvalue weighted by Gasteiger charge is 2.18. The molecular formula is C20H17BrN4O3S2. The number of rotatable bonds is 7. The lowest BCUT2D eigenvalue weighted by Gasteiger charge is -2.09. The summed E-state index contributed by atoms with van der Waals surface area (Å²) in [4.78, 5) is 13.1. The molecule has 0 radical (unpaired) electrons. The Hall–Kier alpha value is -2.43. The molecular weight excluding hydrogens is 488 g/mol. The summed E-state index contributed by atoms with van der Waals surface area (Å²) < 4.78 is 29.3. The molecule has 0 saturated heterocycles. The van der Waals surface area contributed by atoms with Crippen LogP contribution in [0.15, 0.2) is 80.5 Å². The Bertz CT molecular complexity index is 1410. The largest absolute Gasteiger partial charge is 0.272 e. The molecule has 4 aromatic rings. The van der Waals surface area contributed by atoms with Gasteiger partial charge in [0.2, 0.25) is 5.78 Å². The van der Waals surface area contributed by atoms with Crippen LogP contribution in [-0.4, -0.2) is 39.1 Å². The first kappa shape index (κ1) is 20.8. The van der Waals surface area contributed by atoms with Crippen molar-refractivity contribution in [3.8, 4) is 0 Å². The smallest absolute Gasteiger partial charge is 0.263 e. The number of fused-ring (bicyclic) bond motifs is 3. The van der Waals surface area contributed by atoms with Crippen molar-refractivity contribution in [1.29, 1.82) is 0 Å². The predicted octanol–water partition coefficient (Wildman–Crippen LogP) is 3.56. The standard InChI is InChI=1S/C20H17BrN4O3S2/c1-2-11-24-18(26)16-5-3-4-6-17(16)25-19(24)22-23-20(25)29-12-13-30(27,28)15-9-7-14(21)8-10-15/h2-10H,1,11-13H2. The number of thioether (sulfide) groups is 1. The predicted molar refractivity (Wildman–Crippen MR) is 122 cm³/mol. The summed E-state index contributed by atoms with van der Waals surface area (Å²) in [7, 11) is -3.42. The zero-order chi connectivity index (χ0) is 21.3. The molecule has 0 aliphatic heterocycles. The molecule has 0 atom stereocenters. The van der Waals surface area contributed by atoms with Crippen LogP contribution in [0.1, 0.15) is 0 Å². The highest BCUT2D eigenvalue weighted by atomic mass is 79.9. The molecule has 0 bridgehead atoms. The van der Waals surface area contributed by atoms with Gasteiger partial charge in [-0.05, 0) is 36.4 Å². The molecule has 0 unspecified atom stereocenters. The Labute approximate surface area is 185 Å². The number of hydrogen-bond donors (Lipinski definition) is 0. The summed E-state index contributed by atoms with van der Waals surface area (Å²) in [6.45, 7) is 4.01. The molecule has 0 saturated carbocycles. The third-order valence-electron chi connectivity index (χ3n) is 4.55. The van der Waals surface area contributed by atoms with Gasteiger partial charge in [-0.3, -0.25) is 13.8 Å². The van der Waals surface area contributed by atoms with Crippen LogP contribution >= 0.6 is 27.7 Å². The second-order valence-corrected chi connectivity index (χ2v) is 10.5. The average Bonchev–Trinajstić information content (AvgIpc) is 3.15. The lowest BCUT2D eigenvalue weighted by Crippen LogP contribution is -2.22. The van der Waals surface area contributed by atoms with E-state index in [9.17, 15) is 13.2 Å². The van der Waals surface area contributed by atoms with Crippen LogP contribution < -0.4 is 5.56 Å². The van der Waals surface area contributed by atoms with E-state index < -0.39 is 9.84 Å². The highest BCUT2D eigenvalue weighted by Crippen LogP contribution is 2.23. The van der Waals surface area contributed by atoms with E-state index in [1.807, 2.05) is 12.1 Å². The Kier molecular flexibility index (Phi) is 5.81. The topological polar surface area (TPSA) is 86.3 Å². The van der Waals surface area contributed by atoms with Crippen molar-refractivity contribution in [2.24, 2.45) is 0 Å². The number of allylic oxidation sites excluding steroid dienone is 1. The van der Waals surface area contributed by atoms with Gasteiger partial charge >= 0.3 is 0 Å². The minimum atomic E-state index is -3.42. The van der Waals surface area contributed by atoms with Gasteiger partial charge in [0.05, 0.1) is 21.6 Å². The first-order chi connectivity index (χ1) is 14.4. The molecule has 154 valence electrons. The van der Waals surface area contributed by atoms with E-state index in [2.05, 4.69) is 32.7 Å². The highest BCUT2D eigenvalue weighted by molar-refractivity contribution is 9.10. The number of para-hydroxylation sites is 1. The summed E-state index contributed by atoms with van der Waals surface area (Å²) >= 11 is 4.60. The molecule has 2 aromatic heterocycles. The fourth-order valence-corrected chi connectivity index (χ4v) is 5.98. The molecule has 0 spiro atoms. The van der Waals surface area contributed by atoms with Gasteiger partial charge in [0.15, 0.2) is 15.0 Å². The van der Waals surface area contributed by atoms with Crippen LogP contribution in [0.5, 0.6) is 0 Å². The van der Waals surface area contributed by atoms with Crippen molar-refractivity contribution < 1.29 is 8.42 Å². The van der Waals surface area contributed by atoms with E-state index in [1.54, 1.807) is 46.9 Å². The van der Waals surface area contributed by atoms with Crippen LogP contribution in [0, 0.1) is 0 Å². The number of hydrogen-bond acceptors (Lipinski definition) is 6. The van der Waals surface area contributed by atoms with Gasteiger partial charge in [0.1, 0.15) is 0 Å². The fourth-order valence-electron chi connectivity index (χ4n) is 3.12. The van der Waals surface area contributed by atoms with Gasteiger partial charge in [0, 0.05) is 16.8 Å². The summed E-state index contributed by atoms with van der Waals surface area (Å²) in [6.07, 6.45) is 1.63.